The molecular formula is C16H16BrF2NO. The Bertz CT molecular complexity index is 632. The van der Waals surface area contributed by atoms with Crippen LogP contribution in [0.4, 0.5) is 8.78 Å². The van der Waals surface area contributed by atoms with Crippen LogP contribution in [0.2, 0.25) is 0 Å². The standard InChI is InChI=1S/C16H16BrF2NO/c1-10(2)20-9-12-14(19)4-3-5-15(12)21-16-8-11(18)6-7-13(16)17/h3-8,10,20H,9H2,1-2H3. The van der Waals surface area contributed by atoms with Crippen LogP contribution in [-0.4, -0.2) is 6.04 Å². The highest BCUT2D eigenvalue weighted by Crippen LogP contribution is 2.33. The van der Waals surface area contributed by atoms with E-state index in [0.717, 1.165) is 0 Å². The summed E-state index contributed by atoms with van der Waals surface area (Å²) in [5.41, 5.74) is 0.419. The first kappa shape index (κ1) is 15.9. The van der Waals surface area contributed by atoms with Crippen LogP contribution >= 0.6 is 15.9 Å². The molecule has 0 fully saturated rings. The lowest BCUT2D eigenvalue weighted by atomic mass is 10.1. The van der Waals surface area contributed by atoms with Gasteiger partial charge in [-0.1, -0.05) is 19.9 Å². The minimum Gasteiger partial charge on any atom is -0.456 e. The van der Waals surface area contributed by atoms with Gasteiger partial charge in [-0.15, -0.1) is 0 Å². The zero-order valence-corrected chi connectivity index (χ0v) is 13.4. The molecule has 0 aliphatic heterocycles. The lowest BCUT2D eigenvalue weighted by Gasteiger charge is -2.15. The van der Waals surface area contributed by atoms with Crippen LogP contribution in [0, 0.1) is 11.6 Å². The minimum absolute atomic E-state index is 0.221. The Balaban J connectivity index is 2.31. The minimum atomic E-state index is -0.411. The molecule has 0 heterocycles. The van der Waals surface area contributed by atoms with Crippen molar-refractivity contribution in [1.29, 1.82) is 0 Å². The summed E-state index contributed by atoms with van der Waals surface area (Å²) in [6, 6.07) is 8.96. The van der Waals surface area contributed by atoms with E-state index in [-0.39, 0.29) is 11.9 Å². The first-order valence-electron chi connectivity index (χ1n) is 6.61. The molecule has 0 saturated heterocycles. The molecule has 0 spiro atoms. The molecule has 21 heavy (non-hydrogen) atoms. The maximum Gasteiger partial charge on any atom is 0.144 e. The van der Waals surface area contributed by atoms with Crippen molar-refractivity contribution < 1.29 is 13.5 Å². The van der Waals surface area contributed by atoms with Crippen LogP contribution in [-0.2, 0) is 6.54 Å². The fraction of sp³-hybridized carbons (Fsp3) is 0.250. The zero-order valence-electron chi connectivity index (χ0n) is 11.8. The smallest absolute Gasteiger partial charge is 0.144 e. The Kier molecular flexibility index (Phi) is 5.31. The summed E-state index contributed by atoms with van der Waals surface area (Å²) < 4.78 is 33.5. The van der Waals surface area contributed by atoms with E-state index in [9.17, 15) is 8.78 Å². The molecule has 2 aromatic carbocycles. The van der Waals surface area contributed by atoms with Gasteiger partial charge in [0, 0.05) is 24.2 Å². The molecule has 0 radical (unpaired) electrons. The molecule has 2 aromatic rings. The molecule has 0 unspecified atom stereocenters. The Morgan fingerprint density at radius 1 is 1.14 bits per heavy atom. The zero-order chi connectivity index (χ0) is 15.4. The van der Waals surface area contributed by atoms with Gasteiger partial charge in [0.1, 0.15) is 23.1 Å². The molecule has 2 rings (SSSR count). The average Bonchev–Trinajstić information content (AvgIpc) is 2.42. The highest BCUT2D eigenvalue weighted by Gasteiger charge is 2.12. The fourth-order valence-corrected chi connectivity index (χ4v) is 2.11. The number of halogens is 3. The van der Waals surface area contributed by atoms with Crippen LogP contribution in [0.1, 0.15) is 19.4 Å². The summed E-state index contributed by atoms with van der Waals surface area (Å²) >= 11 is 3.29. The van der Waals surface area contributed by atoms with E-state index in [1.807, 2.05) is 13.8 Å². The van der Waals surface area contributed by atoms with Crippen LogP contribution in [0.3, 0.4) is 0 Å². The van der Waals surface area contributed by atoms with Gasteiger partial charge in [0.05, 0.1) is 4.47 Å². The third-order valence-corrected chi connectivity index (χ3v) is 3.53. The summed E-state index contributed by atoms with van der Waals surface area (Å²) in [6.45, 7) is 4.29. The average molecular weight is 356 g/mol. The third-order valence-electron chi connectivity index (χ3n) is 2.88. The monoisotopic (exact) mass is 355 g/mol. The number of rotatable bonds is 5. The number of hydrogen-bond donors (Lipinski definition) is 1. The summed E-state index contributed by atoms with van der Waals surface area (Å²) in [5.74, 6) is -0.0829. The van der Waals surface area contributed by atoms with Crippen molar-refractivity contribution in [1.82, 2.24) is 5.32 Å². The van der Waals surface area contributed by atoms with E-state index in [2.05, 4.69) is 21.2 Å². The van der Waals surface area contributed by atoms with Crippen LogP contribution in [0.5, 0.6) is 11.5 Å². The summed E-state index contributed by atoms with van der Waals surface area (Å²) in [5, 5.41) is 3.15. The van der Waals surface area contributed by atoms with E-state index < -0.39 is 5.82 Å². The van der Waals surface area contributed by atoms with Gasteiger partial charge in [0.25, 0.3) is 0 Å². The largest absolute Gasteiger partial charge is 0.456 e. The second-order valence-corrected chi connectivity index (χ2v) is 5.78. The molecule has 0 bridgehead atoms. The predicted octanol–water partition coefficient (Wildman–Crippen LogP) is 5.02. The van der Waals surface area contributed by atoms with Gasteiger partial charge in [-0.2, -0.15) is 0 Å². The Morgan fingerprint density at radius 2 is 1.90 bits per heavy atom. The Morgan fingerprint density at radius 3 is 2.62 bits per heavy atom. The van der Waals surface area contributed by atoms with Crippen molar-refractivity contribution in [2.24, 2.45) is 0 Å². The van der Waals surface area contributed by atoms with Crippen LogP contribution in [0.15, 0.2) is 40.9 Å². The normalized spacial score (nSPS) is 11.0. The SMILES string of the molecule is CC(C)NCc1c(F)cccc1Oc1cc(F)ccc1Br. The van der Waals surface area contributed by atoms with Crippen molar-refractivity contribution in [2.75, 3.05) is 0 Å². The van der Waals surface area contributed by atoms with Gasteiger partial charge in [-0.05, 0) is 40.2 Å². The van der Waals surface area contributed by atoms with Gasteiger partial charge in [-0.3, -0.25) is 0 Å². The second kappa shape index (κ2) is 7.00. The van der Waals surface area contributed by atoms with E-state index in [1.54, 1.807) is 18.2 Å². The molecule has 0 saturated carbocycles. The third kappa shape index (κ3) is 4.25. The Hall–Kier alpha value is -1.46. The molecule has 0 atom stereocenters. The van der Waals surface area contributed by atoms with Gasteiger partial charge >= 0.3 is 0 Å². The van der Waals surface area contributed by atoms with Crippen LogP contribution in [0.25, 0.3) is 0 Å². The first-order chi connectivity index (χ1) is 9.97. The second-order valence-electron chi connectivity index (χ2n) is 4.93. The molecule has 0 aliphatic rings. The molecule has 112 valence electrons. The molecular weight excluding hydrogens is 340 g/mol. The van der Waals surface area contributed by atoms with Gasteiger partial charge in [0.15, 0.2) is 0 Å². The number of benzene rings is 2. The Labute approximate surface area is 131 Å². The molecule has 0 aliphatic carbocycles. The molecule has 2 nitrogen and oxygen atoms in total. The molecule has 1 N–H and O–H groups in total. The van der Waals surface area contributed by atoms with Crippen molar-refractivity contribution in [3.8, 4) is 11.5 Å². The van der Waals surface area contributed by atoms with Crippen molar-refractivity contribution in [3.63, 3.8) is 0 Å². The number of nitrogens with one attached hydrogen (secondary N) is 1. The first-order valence-corrected chi connectivity index (χ1v) is 7.40. The number of ether oxygens (including phenoxy) is 1. The lowest BCUT2D eigenvalue weighted by Crippen LogP contribution is -2.22. The summed E-state index contributed by atoms with van der Waals surface area (Å²) in [4.78, 5) is 0. The highest BCUT2D eigenvalue weighted by atomic mass is 79.9. The van der Waals surface area contributed by atoms with Crippen molar-refractivity contribution >= 4 is 15.9 Å². The van der Waals surface area contributed by atoms with Crippen molar-refractivity contribution in [3.05, 3.63) is 58.1 Å². The van der Waals surface area contributed by atoms with E-state index in [0.29, 0.717) is 28.1 Å². The highest BCUT2D eigenvalue weighted by molar-refractivity contribution is 9.10. The summed E-state index contributed by atoms with van der Waals surface area (Å²) in [6.07, 6.45) is 0. The van der Waals surface area contributed by atoms with Gasteiger partial charge < -0.3 is 10.1 Å². The molecule has 5 heteroatoms. The maximum absolute atomic E-state index is 14.0. The lowest BCUT2D eigenvalue weighted by molar-refractivity contribution is 0.451. The van der Waals surface area contributed by atoms with Crippen LogP contribution < -0.4 is 10.1 Å². The number of hydrogen-bond acceptors (Lipinski definition) is 2. The quantitative estimate of drug-likeness (QED) is 0.813. The van der Waals surface area contributed by atoms with E-state index >= 15 is 0 Å². The van der Waals surface area contributed by atoms with Gasteiger partial charge in [0.2, 0.25) is 0 Å². The van der Waals surface area contributed by atoms with Gasteiger partial charge in [-0.25, -0.2) is 8.78 Å². The summed E-state index contributed by atoms with van der Waals surface area (Å²) in [7, 11) is 0. The van der Waals surface area contributed by atoms with E-state index in [4.69, 9.17) is 4.74 Å². The topological polar surface area (TPSA) is 21.3 Å². The molecule has 0 aromatic heterocycles. The molecule has 0 amide bonds. The fourth-order valence-electron chi connectivity index (χ4n) is 1.79. The van der Waals surface area contributed by atoms with E-state index in [1.165, 1.54) is 18.2 Å². The predicted molar refractivity (Wildman–Crippen MR) is 82.5 cm³/mol. The van der Waals surface area contributed by atoms with Crippen molar-refractivity contribution in [2.45, 2.75) is 26.4 Å². The maximum atomic E-state index is 14.0.